The second-order valence-corrected chi connectivity index (χ2v) is 9.23. The van der Waals surface area contributed by atoms with Crippen LogP contribution < -0.4 is 15.5 Å². The van der Waals surface area contributed by atoms with Gasteiger partial charge in [-0.2, -0.15) is 5.10 Å². The van der Waals surface area contributed by atoms with E-state index in [1.807, 2.05) is 49.4 Å². The van der Waals surface area contributed by atoms with E-state index in [9.17, 15) is 14.0 Å². The molecule has 8 heteroatoms. The molecule has 3 aromatic rings. The molecule has 0 saturated heterocycles. The normalized spacial score (nSPS) is 11.9. The standard InChI is InChI=1S/C27H27BrFN3O3/c1-17(2)25(31-26(33)21-6-4-5-7-23(21)29)27(34)32-30-15-20-12-13-24(22(28)14-20)35-16-19-10-8-18(3)9-11-19/h4-15,17,25H,16H2,1-3H3,(H,31,33)(H,32,34)/b30-15+. The van der Waals surface area contributed by atoms with Crippen LogP contribution in [0.1, 0.15) is 40.9 Å². The number of hydrogen-bond acceptors (Lipinski definition) is 4. The number of hydrazone groups is 1. The molecule has 2 N–H and O–H groups in total. The topological polar surface area (TPSA) is 79.8 Å². The van der Waals surface area contributed by atoms with E-state index >= 15 is 0 Å². The van der Waals surface area contributed by atoms with Crippen molar-refractivity contribution in [2.45, 2.75) is 33.4 Å². The highest BCUT2D eigenvalue weighted by Crippen LogP contribution is 2.26. The first-order valence-electron chi connectivity index (χ1n) is 11.1. The fourth-order valence-corrected chi connectivity index (χ4v) is 3.71. The number of carbonyl (C=O) groups excluding carboxylic acids is 2. The van der Waals surface area contributed by atoms with Gasteiger partial charge in [0, 0.05) is 0 Å². The lowest BCUT2D eigenvalue weighted by Gasteiger charge is -2.20. The Morgan fingerprint density at radius 2 is 1.80 bits per heavy atom. The Hall–Kier alpha value is -3.52. The van der Waals surface area contributed by atoms with E-state index in [2.05, 4.69) is 31.8 Å². The fraction of sp³-hybridized carbons (Fsp3) is 0.222. The molecule has 3 aromatic carbocycles. The molecule has 2 amide bonds. The smallest absolute Gasteiger partial charge is 0.262 e. The van der Waals surface area contributed by atoms with E-state index in [1.54, 1.807) is 19.9 Å². The van der Waals surface area contributed by atoms with Crippen LogP contribution in [0.2, 0.25) is 0 Å². The number of nitrogens with zero attached hydrogens (tertiary/aromatic N) is 1. The minimum Gasteiger partial charge on any atom is -0.488 e. The van der Waals surface area contributed by atoms with E-state index in [0.29, 0.717) is 12.4 Å². The van der Waals surface area contributed by atoms with Crippen LogP contribution in [-0.2, 0) is 11.4 Å². The third kappa shape index (κ3) is 7.48. The molecule has 1 atom stereocenters. The van der Waals surface area contributed by atoms with Crippen LogP contribution >= 0.6 is 15.9 Å². The largest absolute Gasteiger partial charge is 0.488 e. The van der Waals surface area contributed by atoms with Gasteiger partial charge in [-0.25, -0.2) is 9.82 Å². The van der Waals surface area contributed by atoms with Crippen LogP contribution in [0.4, 0.5) is 4.39 Å². The molecule has 0 bridgehead atoms. The highest BCUT2D eigenvalue weighted by molar-refractivity contribution is 9.10. The summed E-state index contributed by atoms with van der Waals surface area (Å²) in [5.74, 6) is -1.37. The number of rotatable bonds is 9. The van der Waals surface area contributed by atoms with Gasteiger partial charge in [-0.1, -0.05) is 55.8 Å². The van der Waals surface area contributed by atoms with Crippen LogP contribution in [0.25, 0.3) is 0 Å². The summed E-state index contributed by atoms with van der Waals surface area (Å²) in [6.07, 6.45) is 1.49. The number of nitrogens with one attached hydrogen (secondary N) is 2. The lowest BCUT2D eigenvalue weighted by molar-refractivity contribution is -0.123. The maximum atomic E-state index is 13.9. The maximum absolute atomic E-state index is 13.9. The summed E-state index contributed by atoms with van der Waals surface area (Å²) < 4.78 is 20.5. The molecule has 35 heavy (non-hydrogen) atoms. The monoisotopic (exact) mass is 539 g/mol. The summed E-state index contributed by atoms with van der Waals surface area (Å²) in [6.45, 7) is 6.04. The van der Waals surface area contributed by atoms with Gasteiger partial charge in [-0.15, -0.1) is 0 Å². The molecule has 182 valence electrons. The Balaban J connectivity index is 1.58. The number of hydrogen-bond donors (Lipinski definition) is 2. The Kier molecular flexibility index (Phi) is 9.14. The first kappa shape index (κ1) is 26.1. The molecule has 0 aliphatic carbocycles. The summed E-state index contributed by atoms with van der Waals surface area (Å²) in [4.78, 5) is 25.0. The molecular weight excluding hydrogens is 513 g/mol. The zero-order valence-corrected chi connectivity index (χ0v) is 21.3. The lowest BCUT2D eigenvalue weighted by atomic mass is 10.0. The molecule has 0 aliphatic rings. The lowest BCUT2D eigenvalue weighted by Crippen LogP contribution is -2.48. The number of carbonyl (C=O) groups is 2. The van der Waals surface area contributed by atoms with Gasteiger partial charge in [-0.05, 0) is 70.2 Å². The SMILES string of the molecule is Cc1ccc(COc2ccc(/C=N/NC(=O)C(NC(=O)c3ccccc3F)C(C)C)cc2Br)cc1. The van der Waals surface area contributed by atoms with Crippen LogP contribution in [-0.4, -0.2) is 24.1 Å². The van der Waals surface area contributed by atoms with Crippen molar-refractivity contribution in [3.05, 3.63) is 99.3 Å². The summed E-state index contributed by atoms with van der Waals surface area (Å²) in [5, 5.41) is 6.58. The first-order valence-corrected chi connectivity index (χ1v) is 11.9. The average Bonchev–Trinajstić information content (AvgIpc) is 2.83. The molecule has 0 fully saturated rings. The van der Waals surface area contributed by atoms with Crippen molar-refractivity contribution in [1.29, 1.82) is 0 Å². The summed E-state index contributed by atoms with van der Waals surface area (Å²) in [7, 11) is 0. The van der Waals surface area contributed by atoms with Crippen LogP contribution in [0.15, 0.2) is 76.3 Å². The summed E-state index contributed by atoms with van der Waals surface area (Å²) in [6, 6.07) is 18.3. The minimum atomic E-state index is -0.886. The molecule has 1 unspecified atom stereocenters. The zero-order chi connectivity index (χ0) is 25.4. The van der Waals surface area contributed by atoms with Crippen LogP contribution in [0.3, 0.4) is 0 Å². The van der Waals surface area contributed by atoms with Crippen molar-refractivity contribution >= 4 is 34.0 Å². The quantitative estimate of drug-likeness (QED) is 0.283. The predicted molar refractivity (Wildman–Crippen MR) is 138 cm³/mol. The van der Waals surface area contributed by atoms with E-state index in [1.165, 1.54) is 30.0 Å². The zero-order valence-electron chi connectivity index (χ0n) is 19.7. The fourth-order valence-electron chi connectivity index (χ4n) is 3.20. The van der Waals surface area contributed by atoms with Crippen LogP contribution in [0.5, 0.6) is 5.75 Å². The van der Waals surface area contributed by atoms with E-state index < -0.39 is 23.7 Å². The molecule has 6 nitrogen and oxygen atoms in total. The van der Waals surface area contributed by atoms with Gasteiger partial charge >= 0.3 is 0 Å². The molecule has 0 saturated carbocycles. The van der Waals surface area contributed by atoms with Crippen molar-refractivity contribution < 1.29 is 18.7 Å². The maximum Gasteiger partial charge on any atom is 0.262 e. The Labute approximate surface area is 212 Å². The van der Waals surface area contributed by atoms with Gasteiger partial charge in [0.1, 0.15) is 24.2 Å². The molecule has 0 radical (unpaired) electrons. The van der Waals surface area contributed by atoms with Gasteiger partial charge in [0.05, 0.1) is 16.3 Å². The van der Waals surface area contributed by atoms with E-state index in [0.717, 1.165) is 15.6 Å². The molecule has 0 aliphatic heterocycles. The average molecular weight is 540 g/mol. The Bertz CT molecular complexity index is 1210. The molecule has 0 spiro atoms. The molecule has 0 heterocycles. The van der Waals surface area contributed by atoms with Crippen molar-refractivity contribution in [2.75, 3.05) is 0 Å². The van der Waals surface area contributed by atoms with Gasteiger partial charge in [0.25, 0.3) is 11.8 Å². The Morgan fingerprint density at radius 1 is 1.09 bits per heavy atom. The van der Waals surface area contributed by atoms with Crippen molar-refractivity contribution in [3.8, 4) is 5.75 Å². The number of benzene rings is 3. The highest BCUT2D eigenvalue weighted by atomic mass is 79.9. The Morgan fingerprint density at radius 3 is 2.46 bits per heavy atom. The summed E-state index contributed by atoms with van der Waals surface area (Å²) >= 11 is 3.50. The number of ether oxygens (including phenoxy) is 1. The third-order valence-electron chi connectivity index (χ3n) is 5.21. The van der Waals surface area contributed by atoms with Gasteiger partial charge in [0.2, 0.25) is 0 Å². The second kappa shape index (κ2) is 12.3. The van der Waals surface area contributed by atoms with E-state index in [4.69, 9.17) is 4.74 Å². The molecule has 0 aromatic heterocycles. The van der Waals surface area contributed by atoms with Crippen molar-refractivity contribution in [1.82, 2.24) is 10.7 Å². The minimum absolute atomic E-state index is 0.121. The predicted octanol–water partition coefficient (Wildman–Crippen LogP) is 5.38. The van der Waals surface area contributed by atoms with Gasteiger partial charge in [0.15, 0.2) is 0 Å². The molecule has 3 rings (SSSR count). The highest BCUT2D eigenvalue weighted by Gasteiger charge is 2.25. The van der Waals surface area contributed by atoms with Crippen LogP contribution in [0, 0.1) is 18.7 Å². The number of amides is 2. The second-order valence-electron chi connectivity index (χ2n) is 8.37. The summed E-state index contributed by atoms with van der Waals surface area (Å²) in [5.41, 5.74) is 5.32. The van der Waals surface area contributed by atoms with Crippen molar-refractivity contribution in [3.63, 3.8) is 0 Å². The van der Waals surface area contributed by atoms with E-state index in [-0.39, 0.29) is 11.5 Å². The van der Waals surface area contributed by atoms with Crippen molar-refractivity contribution in [2.24, 2.45) is 11.0 Å². The van der Waals surface area contributed by atoms with Gasteiger partial charge < -0.3 is 10.1 Å². The van der Waals surface area contributed by atoms with Gasteiger partial charge in [-0.3, -0.25) is 9.59 Å². The number of halogens is 2. The molecular formula is C27H27BrFN3O3. The number of aryl methyl sites for hydroxylation is 1. The first-order chi connectivity index (χ1) is 16.7. The third-order valence-corrected chi connectivity index (χ3v) is 5.83.